The molecular formula is C15H12F3NO2. The minimum absolute atomic E-state index is 0.104. The van der Waals surface area contributed by atoms with Crippen molar-refractivity contribution in [3.8, 4) is 0 Å². The number of amides is 1. The van der Waals surface area contributed by atoms with Crippen LogP contribution in [-0.2, 0) is 0 Å². The molecule has 1 atom stereocenters. The Morgan fingerprint density at radius 2 is 1.86 bits per heavy atom. The molecule has 21 heavy (non-hydrogen) atoms. The van der Waals surface area contributed by atoms with Gasteiger partial charge in [-0.2, -0.15) is 0 Å². The molecule has 3 nitrogen and oxygen atoms in total. The summed E-state index contributed by atoms with van der Waals surface area (Å²) in [6.07, 6.45) is -1.20. The van der Waals surface area contributed by atoms with Gasteiger partial charge < -0.3 is 10.4 Å². The van der Waals surface area contributed by atoms with Crippen molar-refractivity contribution in [2.45, 2.75) is 6.10 Å². The van der Waals surface area contributed by atoms with E-state index in [1.54, 1.807) is 0 Å². The van der Waals surface area contributed by atoms with Crippen molar-refractivity contribution in [1.82, 2.24) is 5.32 Å². The molecule has 0 aliphatic heterocycles. The predicted octanol–water partition coefficient (Wildman–Crippen LogP) is 2.57. The van der Waals surface area contributed by atoms with Gasteiger partial charge in [0.2, 0.25) is 0 Å². The van der Waals surface area contributed by atoms with E-state index >= 15 is 0 Å². The number of halogens is 3. The highest BCUT2D eigenvalue weighted by molar-refractivity contribution is 5.94. The summed E-state index contributed by atoms with van der Waals surface area (Å²) in [5, 5.41) is 12.2. The molecule has 1 amide bonds. The summed E-state index contributed by atoms with van der Waals surface area (Å²) in [6, 6.07) is 8.03. The fourth-order valence-electron chi connectivity index (χ4n) is 1.76. The highest BCUT2D eigenvalue weighted by Crippen LogP contribution is 2.15. The number of aliphatic hydroxyl groups excluding tert-OH is 1. The zero-order chi connectivity index (χ0) is 15.4. The molecule has 0 aliphatic rings. The van der Waals surface area contributed by atoms with E-state index in [0.29, 0.717) is 0 Å². The van der Waals surface area contributed by atoms with Crippen LogP contribution in [0.3, 0.4) is 0 Å². The second-order valence-electron chi connectivity index (χ2n) is 4.41. The summed E-state index contributed by atoms with van der Waals surface area (Å²) < 4.78 is 38.8. The predicted molar refractivity (Wildman–Crippen MR) is 70.1 cm³/mol. The fourth-order valence-corrected chi connectivity index (χ4v) is 1.76. The summed E-state index contributed by atoms with van der Waals surface area (Å²) in [4.78, 5) is 11.7. The third-order valence-corrected chi connectivity index (χ3v) is 2.87. The van der Waals surface area contributed by atoms with Gasteiger partial charge in [-0.1, -0.05) is 12.1 Å². The van der Waals surface area contributed by atoms with Gasteiger partial charge in [0.15, 0.2) is 11.6 Å². The second-order valence-corrected chi connectivity index (χ2v) is 4.41. The number of rotatable bonds is 4. The first-order valence-electron chi connectivity index (χ1n) is 6.14. The SMILES string of the molecule is O=C(NCC(O)c1ccc(F)c(F)c1)c1cccc(F)c1. The van der Waals surface area contributed by atoms with Gasteiger partial charge in [0.1, 0.15) is 5.82 Å². The second kappa shape index (κ2) is 6.41. The topological polar surface area (TPSA) is 49.3 Å². The number of carbonyl (C=O) groups excluding carboxylic acids is 1. The molecule has 110 valence electrons. The van der Waals surface area contributed by atoms with Crippen molar-refractivity contribution in [2.24, 2.45) is 0 Å². The summed E-state index contributed by atoms with van der Waals surface area (Å²) in [5.74, 6) is -3.22. The van der Waals surface area contributed by atoms with Gasteiger partial charge >= 0.3 is 0 Å². The van der Waals surface area contributed by atoms with Gasteiger partial charge in [-0.3, -0.25) is 4.79 Å². The van der Waals surface area contributed by atoms with Crippen molar-refractivity contribution in [3.05, 3.63) is 71.0 Å². The van der Waals surface area contributed by atoms with Crippen molar-refractivity contribution >= 4 is 5.91 Å². The fraction of sp³-hybridized carbons (Fsp3) is 0.133. The van der Waals surface area contributed by atoms with E-state index in [4.69, 9.17) is 0 Å². The summed E-state index contributed by atoms with van der Waals surface area (Å²) >= 11 is 0. The Morgan fingerprint density at radius 1 is 1.10 bits per heavy atom. The van der Waals surface area contributed by atoms with Crippen LogP contribution in [0.1, 0.15) is 22.0 Å². The average molecular weight is 295 g/mol. The number of nitrogens with one attached hydrogen (secondary N) is 1. The lowest BCUT2D eigenvalue weighted by Crippen LogP contribution is -2.28. The highest BCUT2D eigenvalue weighted by atomic mass is 19.2. The molecular weight excluding hydrogens is 283 g/mol. The first-order chi connectivity index (χ1) is 9.97. The van der Waals surface area contributed by atoms with Crippen LogP contribution in [0.5, 0.6) is 0 Å². The molecule has 1 unspecified atom stereocenters. The minimum Gasteiger partial charge on any atom is -0.387 e. The number of hydrogen-bond acceptors (Lipinski definition) is 2. The summed E-state index contributed by atoms with van der Waals surface area (Å²) in [7, 11) is 0. The molecule has 2 aromatic rings. The molecule has 0 aromatic heterocycles. The van der Waals surface area contributed by atoms with E-state index in [1.807, 2.05) is 0 Å². The Labute approximate surface area is 119 Å². The van der Waals surface area contributed by atoms with Crippen LogP contribution in [0, 0.1) is 17.5 Å². The Hall–Kier alpha value is -2.34. The van der Waals surface area contributed by atoms with Crippen LogP contribution in [0.2, 0.25) is 0 Å². The molecule has 6 heteroatoms. The largest absolute Gasteiger partial charge is 0.387 e. The number of hydrogen-bond donors (Lipinski definition) is 2. The molecule has 0 bridgehead atoms. The quantitative estimate of drug-likeness (QED) is 0.911. The van der Waals surface area contributed by atoms with E-state index in [9.17, 15) is 23.1 Å². The Bertz CT molecular complexity index is 661. The lowest BCUT2D eigenvalue weighted by Gasteiger charge is -2.12. The molecule has 0 radical (unpaired) electrons. The van der Waals surface area contributed by atoms with Crippen LogP contribution in [0.15, 0.2) is 42.5 Å². The summed E-state index contributed by atoms with van der Waals surface area (Å²) in [6.45, 7) is -0.208. The standard InChI is InChI=1S/C15H12F3NO2/c16-11-3-1-2-10(6-11)15(21)19-8-14(20)9-4-5-12(17)13(18)7-9/h1-7,14,20H,8H2,(H,19,21). The molecule has 2 N–H and O–H groups in total. The van der Waals surface area contributed by atoms with Crippen LogP contribution in [0.4, 0.5) is 13.2 Å². The van der Waals surface area contributed by atoms with Crippen molar-refractivity contribution in [3.63, 3.8) is 0 Å². The molecule has 2 aromatic carbocycles. The van der Waals surface area contributed by atoms with Crippen molar-refractivity contribution in [2.75, 3.05) is 6.54 Å². The molecule has 2 rings (SSSR count). The van der Waals surface area contributed by atoms with Gasteiger partial charge in [0.25, 0.3) is 5.91 Å². The van der Waals surface area contributed by atoms with Crippen molar-refractivity contribution < 1.29 is 23.1 Å². The van der Waals surface area contributed by atoms with E-state index in [-0.39, 0.29) is 17.7 Å². The lowest BCUT2D eigenvalue weighted by atomic mass is 10.1. The van der Waals surface area contributed by atoms with Gasteiger partial charge in [-0.05, 0) is 35.9 Å². The zero-order valence-electron chi connectivity index (χ0n) is 10.8. The molecule has 0 saturated carbocycles. The summed E-state index contributed by atoms with van der Waals surface area (Å²) in [5.41, 5.74) is 0.237. The first kappa shape index (κ1) is 15.1. The van der Waals surface area contributed by atoms with E-state index in [0.717, 1.165) is 18.2 Å². The highest BCUT2D eigenvalue weighted by Gasteiger charge is 2.13. The van der Waals surface area contributed by atoms with Gasteiger partial charge in [-0.25, -0.2) is 13.2 Å². The Balaban J connectivity index is 1.99. The maximum Gasteiger partial charge on any atom is 0.251 e. The molecule has 0 aliphatic carbocycles. The van der Waals surface area contributed by atoms with Gasteiger partial charge in [0, 0.05) is 12.1 Å². The number of benzene rings is 2. The van der Waals surface area contributed by atoms with E-state index in [2.05, 4.69) is 5.32 Å². The van der Waals surface area contributed by atoms with Crippen LogP contribution in [-0.4, -0.2) is 17.6 Å². The zero-order valence-corrected chi connectivity index (χ0v) is 10.8. The minimum atomic E-state index is -1.20. The smallest absolute Gasteiger partial charge is 0.251 e. The van der Waals surface area contributed by atoms with Crippen molar-refractivity contribution in [1.29, 1.82) is 0 Å². The Kier molecular flexibility index (Phi) is 4.59. The maximum absolute atomic E-state index is 13.0. The third-order valence-electron chi connectivity index (χ3n) is 2.87. The number of aliphatic hydroxyl groups is 1. The van der Waals surface area contributed by atoms with Gasteiger partial charge in [-0.15, -0.1) is 0 Å². The van der Waals surface area contributed by atoms with Gasteiger partial charge in [0.05, 0.1) is 6.10 Å². The normalized spacial score (nSPS) is 12.0. The molecule has 0 heterocycles. The molecule has 0 saturated heterocycles. The molecule has 0 fully saturated rings. The number of carbonyl (C=O) groups is 1. The molecule has 0 spiro atoms. The van der Waals surface area contributed by atoms with E-state index < -0.39 is 29.5 Å². The lowest BCUT2D eigenvalue weighted by molar-refractivity contribution is 0.0915. The maximum atomic E-state index is 13.0. The monoisotopic (exact) mass is 295 g/mol. The van der Waals surface area contributed by atoms with Crippen LogP contribution in [0.25, 0.3) is 0 Å². The van der Waals surface area contributed by atoms with E-state index in [1.165, 1.54) is 24.3 Å². The average Bonchev–Trinajstić information content (AvgIpc) is 2.47. The third kappa shape index (κ3) is 3.82. The first-order valence-corrected chi connectivity index (χ1v) is 6.14. The van der Waals surface area contributed by atoms with Crippen LogP contribution >= 0.6 is 0 Å². The Morgan fingerprint density at radius 3 is 2.52 bits per heavy atom. The van der Waals surface area contributed by atoms with Crippen LogP contribution < -0.4 is 5.32 Å².